The molecule has 0 aromatic heterocycles. The van der Waals surface area contributed by atoms with E-state index in [0.29, 0.717) is 12.6 Å². The Hall–Kier alpha value is -1.03. The van der Waals surface area contributed by atoms with Gasteiger partial charge in [0, 0.05) is 23.2 Å². The number of aliphatic hydroxyl groups is 1. The maximum atomic E-state index is 9.89. The van der Waals surface area contributed by atoms with E-state index in [1.165, 1.54) is 15.7 Å². The Labute approximate surface area is 119 Å². The van der Waals surface area contributed by atoms with E-state index in [1.54, 1.807) is 11.8 Å². The van der Waals surface area contributed by atoms with Crippen molar-refractivity contribution in [3.63, 3.8) is 0 Å². The molecule has 0 amide bonds. The van der Waals surface area contributed by atoms with Gasteiger partial charge in [-0.15, -0.1) is 11.8 Å². The Bertz CT molecular complexity index is 527. The molecule has 0 aliphatic rings. The van der Waals surface area contributed by atoms with E-state index >= 15 is 0 Å². The lowest BCUT2D eigenvalue weighted by Crippen LogP contribution is -2.33. The van der Waals surface area contributed by atoms with Gasteiger partial charge in [-0.25, -0.2) is 0 Å². The molecule has 102 valence electrons. The van der Waals surface area contributed by atoms with E-state index in [0.717, 1.165) is 5.75 Å². The summed E-state index contributed by atoms with van der Waals surface area (Å²) in [6.07, 6.45) is -0.307. The normalized spacial score (nSPS) is 13.1. The minimum Gasteiger partial charge on any atom is -0.391 e. The third-order valence-electron chi connectivity index (χ3n) is 2.93. The van der Waals surface area contributed by atoms with Gasteiger partial charge in [0.15, 0.2) is 0 Å². The van der Waals surface area contributed by atoms with Crippen LogP contribution in [0.15, 0.2) is 47.4 Å². The standard InChI is InChI=1S/C16H21NOS/c1-12(2)17-10-15(18)11-19-16-8-7-13-5-3-4-6-14(13)9-16/h3-9,12,15,17-18H,10-11H2,1-2H3. The van der Waals surface area contributed by atoms with Gasteiger partial charge in [0.25, 0.3) is 0 Å². The van der Waals surface area contributed by atoms with Crippen molar-refractivity contribution in [1.29, 1.82) is 0 Å². The van der Waals surface area contributed by atoms with Gasteiger partial charge in [-0.05, 0) is 22.9 Å². The molecule has 2 aromatic rings. The van der Waals surface area contributed by atoms with Gasteiger partial charge in [0.1, 0.15) is 0 Å². The number of thioether (sulfide) groups is 1. The predicted molar refractivity (Wildman–Crippen MR) is 83.8 cm³/mol. The molecule has 2 rings (SSSR count). The van der Waals surface area contributed by atoms with E-state index in [2.05, 4.69) is 61.6 Å². The molecule has 2 nitrogen and oxygen atoms in total. The summed E-state index contributed by atoms with van der Waals surface area (Å²) in [4.78, 5) is 1.21. The maximum Gasteiger partial charge on any atom is 0.0758 e. The monoisotopic (exact) mass is 275 g/mol. The van der Waals surface area contributed by atoms with Crippen LogP contribution in [0.4, 0.5) is 0 Å². The van der Waals surface area contributed by atoms with E-state index < -0.39 is 0 Å². The Balaban J connectivity index is 1.90. The molecular formula is C16H21NOS. The third-order valence-corrected chi connectivity index (χ3v) is 4.06. The van der Waals surface area contributed by atoms with Crippen LogP contribution in [-0.4, -0.2) is 29.5 Å². The lowest BCUT2D eigenvalue weighted by atomic mass is 10.1. The number of nitrogens with one attached hydrogen (secondary N) is 1. The maximum absolute atomic E-state index is 9.89. The summed E-state index contributed by atoms with van der Waals surface area (Å²) in [5.74, 6) is 0.720. The van der Waals surface area contributed by atoms with Crippen LogP contribution in [0.1, 0.15) is 13.8 Å². The van der Waals surface area contributed by atoms with Crippen molar-refractivity contribution < 1.29 is 5.11 Å². The van der Waals surface area contributed by atoms with Crippen LogP contribution in [0.5, 0.6) is 0 Å². The molecule has 2 aromatic carbocycles. The second kappa shape index (κ2) is 6.94. The molecule has 0 heterocycles. The number of benzene rings is 2. The third kappa shape index (κ3) is 4.53. The number of hydrogen-bond acceptors (Lipinski definition) is 3. The van der Waals surface area contributed by atoms with Gasteiger partial charge in [0.2, 0.25) is 0 Å². The topological polar surface area (TPSA) is 32.3 Å². The number of fused-ring (bicyclic) bond motifs is 1. The molecule has 1 atom stereocenters. The van der Waals surface area contributed by atoms with Gasteiger partial charge < -0.3 is 10.4 Å². The molecule has 0 bridgehead atoms. The number of rotatable bonds is 6. The highest BCUT2D eigenvalue weighted by atomic mass is 32.2. The summed E-state index contributed by atoms with van der Waals surface area (Å²) in [7, 11) is 0. The molecule has 0 saturated carbocycles. The average molecular weight is 275 g/mol. The summed E-state index contributed by atoms with van der Waals surface area (Å²) in [6.45, 7) is 4.82. The fourth-order valence-electron chi connectivity index (χ4n) is 1.88. The van der Waals surface area contributed by atoms with Crippen LogP contribution in [0.2, 0.25) is 0 Å². The molecule has 0 spiro atoms. The molecule has 2 N–H and O–H groups in total. The summed E-state index contributed by atoms with van der Waals surface area (Å²) in [5.41, 5.74) is 0. The number of hydrogen-bond donors (Lipinski definition) is 2. The fraction of sp³-hybridized carbons (Fsp3) is 0.375. The second-order valence-electron chi connectivity index (χ2n) is 5.04. The summed E-state index contributed by atoms with van der Waals surface area (Å²) < 4.78 is 0. The zero-order valence-corrected chi connectivity index (χ0v) is 12.3. The molecule has 0 radical (unpaired) electrons. The van der Waals surface area contributed by atoms with Crippen LogP contribution in [0.3, 0.4) is 0 Å². The van der Waals surface area contributed by atoms with Crippen LogP contribution in [-0.2, 0) is 0 Å². The highest BCUT2D eigenvalue weighted by Crippen LogP contribution is 2.24. The van der Waals surface area contributed by atoms with Crippen molar-refractivity contribution in [2.75, 3.05) is 12.3 Å². The van der Waals surface area contributed by atoms with Crippen LogP contribution in [0.25, 0.3) is 10.8 Å². The minimum atomic E-state index is -0.307. The first kappa shape index (κ1) is 14.4. The molecular weight excluding hydrogens is 254 g/mol. The van der Waals surface area contributed by atoms with Gasteiger partial charge in [-0.1, -0.05) is 44.2 Å². The van der Waals surface area contributed by atoms with Crippen molar-refractivity contribution in [3.8, 4) is 0 Å². The van der Waals surface area contributed by atoms with Crippen molar-refractivity contribution in [3.05, 3.63) is 42.5 Å². The van der Waals surface area contributed by atoms with Crippen molar-refractivity contribution >= 4 is 22.5 Å². The smallest absolute Gasteiger partial charge is 0.0758 e. The van der Waals surface area contributed by atoms with Crippen molar-refractivity contribution in [2.24, 2.45) is 0 Å². The van der Waals surface area contributed by atoms with Gasteiger partial charge in [-0.3, -0.25) is 0 Å². The zero-order chi connectivity index (χ0) is 13.7. The first-order valence-corrected chi connectivity index (χ1v) is 7.67. The quantitative estimate of drug-likeness (QED) is 0.794. The lowest BCUT2D eigenvalue weighted by Gasteiger charge is -2.13. The lowest BCUT2D eigenvalue weighted by molar-refractivity contribution is 0.192. The van der Waals surface area contributed by atoms with Crippen molar-refractivity contribution in [2.45, 2.75) is 30.9 Å². The van der Waals surface area contributed by atoms with Crippen LogP contribution in [0, 0.1) is 0 Å². The highest BCUT2D eigenvalue weighted by Gasteiger charge is 2.06. The molecule has 0 aliphatic heterocycles. The van der Waals surface area contributed by atoms with Crippen LogP contribution < -0.4 is 5.32 Å². The fourth-order valence-corrected chi connectivity index (χ4v) is 2.76. The van der Waals surface area contributed by atoms with Crippen molar-refractivity contribution in [1.82, 2.24) is 5.32 Å². The highest BCUT2D eigenvalue weighted by molar-refractivity contribution is 7.99. The van der Waals surface area contributed by atoms with E-state index in [-0.39, 0.29) is 6.10 Å². The van der Waals surface area contributed by atoms with E-state index in [9.17, 15) is 5.11 Å². The minimum absolute atomic E-state index is 0.307. The first-order chi connectivity index (χ1) is 9.15. The molecule has 1 unspecified atom stereocenters. The Morgan fingerprint density at radius 3 is 2.58 bits per heavy atom. The Kier molecular flexibility index (Phi) is 5.25. The summed E-state index contributed by atoms with van der Waals surface area (Å²) in [5, 5.41) is 15.6. The summed E-state index contributed by atoms with van der Waals surface area (Å²) >= 11 is 1.71. The second-order valence-corrected chi connectivity index (χ2v) is 6.13. The van der Waals surface area contributed by atoms with Crippen LogP contribution >= 0.6 is 11.8 Å². The first-order valence-electron chi connectivity index (χ1n) is 6.68. The Morgan fingerprint density at radius 1 is 1.11 bits per heavy atom. The zero-order valence-electron chi connectivity index (χ0n) is 11.5. The average Bonchev–Trinajstić information content (AvgIpc) is 2.42. The molecule has 0 fully saturated rings. The van der Waals surface area contributed by atoms with E-state index in [4.69, 9.17) is 0 Å². The Morgan fingerprint density at radius 2 is 1.84 bits per heavy atom. The van der Waals surface area contributed by atoms with Gasteiger partial charge >= 0.3 is 0 Å². The largest absolute Gasteiger partial charge is 0.391 e. The SMILES string of the molecule is CC(C)NCC(O)CSc1ccc2ccccc2c1. The molecule has 0 aliphatic carbocycles. The summed E-state index contributed by atoms with van der Waals surface area (Å²) in [6, 6.07) is 15.2. The molecule has 0 saturated heterocycles. The van der Waals surface area contributed by atoms with Gasteiger partial charge in [0.05, 0.1) is 6.10 Å². The van der Waals surface area contributed by atoms with E-state index in [1.807, 2.05) is 0 Å². The van der Waals surface area contributed by atoms with Gasteiger partial charge in [-0.2, -0.15) is 0 Å². The molecule has 3 heteroatoms. The molecule has 19 heavy (non-hydrogen) atoms. The number of aliphatic hydroxyl groups excluding tert-OH is 1. The predicted octanol–water partition coefficient (Wildman–Crippen LogP) is 3.29.